The van der Waals surface area contributed by atoms with Crippen molar-refractivity contribution in [1.82, 2.24) is 10.4 Å². The van der Waals surface area contributed by atoms with Crippen molar-refractivity contribution in [2.45, 2.75) is 38.2 Å². The summed E-state index contributed by atoms with van der Waals surface area (Å²) < 4.78 is 56.2. The Balaban J connectivity index is 1.60. The molecule has 0 spiro atoms. The maximum absolute atomic E-state index is 14.2. The smallest absolute Gasteiger partial charge is 0.372 e. The summed E-state index contributed by atoms with van der Waals surface area (Å²) in [4.78, 5) is 24.7. The van der Waals surface area contributed by atoms with Crippen LogP contribution in [0.4, 0.5) is 17.6 Å². The molecule has 0 bridgehead atoms. The van der Waals surface area contributed by atoms with Crippen LogP contribution in [0.15, 0.2) is 17.3 Å². The van der Waals surface area contributed by atoms with Crippen LogP contribution in [0.3, 0.4) is 0 Å². The number of amides is 1. The van der Waals surface area contributed by atoms with Crippen LogP contribution in [0.5, 0.6) is 0 Å². The fourth-order valence-electron chi connectivity index (χ4n) is 3.75. The van der Waals surface area contributed by atoms with Crippen LogP contribution >= 0.6 is 34.5 Å². The standard InChI is InChI=1S/C19H15Cl2F4N3O3S/c1-8-10-6-28(7-13(10)32-16(8)17(29)27-30-2)14-5-18(31-26-14,19(23,24)25)9-3-11(20)15(22)12(21)4-9/h3-4H,5-7H2,1-2H3,(H,27,29). The second-order valence-corrected chi connectivity index (χ2v) is 9.22. The average molecular weight is 512 g/mol. The first-order valence-electron chi connectivity index (χ1n) is 9.14. The van der Waals surface area contributed by atoms with E-state index in [1.54, 1.807) is 11.8 Å². The Kier molecular flexibility index (Phi) is 5.81. The van der Waals surface area contributed by atoms with Crippen molar-refractivity contribution in [3.05, 3.63) is 54.4 Å². The molecule has 1 unspecified atom stereocenters. The minimum absolute atomic E-state index is 0.0737. The van der Waals surface area contributed by atoms with Gasteiger partial charge in [0.2, 0.25) is 0 Å². The van der Waals surface area contributed by atoms with Gasteiger partial charge in [-0.25, -0.2) is 9.87 Å². The van der Waals surface area contributed by atoms with Gasteiger partial charge in [0.15, 0.2) is 5.82 Å². The van der Waals surface area contributed by atoms with E-state index >= 15 is 0 Å². The predicted molar refractivity (Wildman–Crippen MR) is 110 cm³/mol. The molecule has 2 aromatic rings. The Bertz CT molecular complexity index is 1110. The van der Waals surface area contributed by atoms with Crippen LogP contribution in [0.2, 0.25) is 10.0 Å². The van der Waals surface area contributed by atoms with E-state index in [2.05, 4.69) is 15.5 Å². The van der Waals surface area contributed by atoms with E-state index in [4.69, 9.17) is 28.0 Å². The van der Waals surface area contributed by atoms with Crippen molar-refractivity contribution >= 4 is 46.3 Å². The number of hydrogen-bond donors (Lipinski definition) is 1. The maximum Gasteiger partial charge on any atom is 0.435 e. The van der Waals surface area contributed by atoms with Crippen LogP contribution < -0.4 is 5.48 Å². The van der Waals surface area contributed by atoms with Gasteiger partial charge in [0.05, 0.1) is 35.0 Å². The summed E-state index contributed by atoms with van der Waals surface area (Å²) in [6.07, 6.45) is -5.52. The number of carbonyl (C=O) groups excluding carboxylic acids is 1. The number of carbonyl (C=O) groups is 1. The first-order valence-corrected chi connectivity index (χ1v) is 10.7. The quantitative estimate of drug-likeness (QED) is 0.345. The van der Waals surface area contributed by atoms with Gasteiger partial charge in [0.25, 0.3) is 11.5 Å². The van der Waals surface area contributed by atoms with Crippen molar-refractivity contribution in [1.29, 1.82) is 0 Å². The number of hydrogen-bond acceptors (Lipinski definition) is 6. The highest BCUT2D eigenvalue weighted by Crippen LogP contribution is 2.50. The van der Waals surface area contributed by atoms with Gasteiger partial charge in [-0.15, -0.1) is 11.3 Å². The van der Waals surface area contributed by atoms with E-state index in [0.29, 0.717) is 4.88 Å². The lowest BCUT2D eigenvalue weighted by atomic mass is 9.89. The molecule has 0 aliphatic carbocycles. The number of nitrogens with zero attached hydrogens (tertiary/aromatic N) is 2. The molecule has 1 N–H and O–H groups in total. The van der Waals surface area contributed by atoms with Crippen molar-refractivity contribution in [3.8, 4) is 0 Å². The molecular weight excluding hydrogens is 497 g/mol. The molecule has 1 aromatic carbocycles. The third kappa shape index (κ3) is 3.60. The molecule has 0 saturated carbocycles. The number of halogens is 6. The summed E-state index contributed by atoms with van der Waals surface area (Å²) in [5.74, 6) is -1.33. The van der Waals surface area contributed by atoms with Gasteiger partial charge < -0.3 is 9.74 Å². The zero-order chi connectivity index (χ0) is 23.4. The highest BCUT2D eigenvalue weighted by Gasteiger charge is 2.63. The molecule has 172 valence electrons. The van der Waals surface area contributed by atoms with Crippen LogP contribution in [-0.4, -0.2) is 29.9 Å². The monoisotopic (exact) mass is 511 g/mol. The Morgan fingerprint density at radius 1 is 1.31 bits per heavy atom. The molecule has 3 heterocycles. The van der Waals surface area contributed by atoms with E-state index in [9.17, 15) is 22.4 Å². The number of alkyl halides is 3. The predicted octanol–water partition coefficient (Wildman–Crippen LogP) is 5.30. The first kappa shape index (κ1) is 23.1. The molecule has 6 nitrogen and oxygen atoms in total. The van der Waals surface area contributed by atoms with E-state index in [1.807, 2.05) is 0 Å². The van der Waals surface area contributed by atoms with Gasteiger partial charge in [-0.1, -0.05) is 28.4 Å². The van der Waals surface area contributed by atoms with E-state index in [0.717, 1.165) is 28.1 Å². The summed E-state index contributed by atoms with van der Waals surface area (Å²) in [7, 11) is 1.32. The van der Waals surface area contributed by atoms with Crippen molar-refractivity contribution in [3.63, 3.8) is 0 Å². The summed E-state index contributed by atoms with van der Waals surface area (Å²) >= 11 is 12.7. The summed E-state index contributed by atoms with van der Waals surface area (Å²) in [6, 6.07) is 1.70. The van der Waals surface area contributed by atoms with Crippen molar-refractivity contribution in [2.75, 3.05) is 7.11 Å². The number of fused-ring (bicyclic) bond motifs is 1. The van der Waals surface area contributed by atoms with Gasteiger partial charge in [-0.2, -0.15) is 13.2 Å². The zero-order valence-electron chi connectivity index (χ0n) is 16.6. The third-order valence-corrected chi connectivity index (χ3v) is 7.29. The second-order valence-electron chi connectivity index (χ2n) is 7.30. The SMILES string of the molecule is CONC(=O)c1sc2c(c1C)CN(C1=NOC(c3cc(Cl)c(F)c(Cl)c3)(C(F)(F)F)C1)C2. The Morgan fingerprint density at radius 3 is 2.53 bits per heavy atom. The average Bonchev–Trinajstić information content (AvgIpc) is 3.40. The molecular formula is C19H15Cl2F4N3O3S. The van der Waals surface area contributed by atoms with Crippen LogP contribution in [-0.2, 0) is 28.4 Å². The number of nitrogens with one attached hydrogen (secondary N) is 1. The molecule has 1 aromatic heterocycles. The molecule has 1 amide bonds. The van der Waals surface area contributed by atoms with Crippen LogP contribution in [0.1, 0.15) is 37.7 Å². The van der Waals surface area contributed by atoms with Crippen molar-refractivity contribution < 1.29 is 32.0 Å². The zero-order valence-corrected chi connectivity index (χ0v) is 18.9. The normalized spacial score (nSPS) is 20.2. The number of thiophene rings is 1. The molecule has 2 aliphatic heterocycles. The van der Waals surface area contributed by atoms with Gasteiger partial charge in [0.1, 0.15) is 5.84 Å². The molecule has 0 fully saturated rings. The molecule has 2 aliphatic rings. The van der Waals surface area contributed by atoms with Crippen LogP contribution in [0, 0.1) is 12.7 Å². The summed E-state index contributed by atoms with van der Waals surface area (Å²) in [6.45, 7) is 2.29. The molecule has 1 atom stereocenters. The number of amidine groups is 1. The molecule has 4 rings (SSSR count). The lowest BCUT2D eigenvalue weighted by Gasteiger charge is -2.30. The Hall–Kier alpha value is -2.08. The molecule has 0 saturated heterocycles. The molecule has 0 radical (unpaired) electrons. The van der Waals surface area contributed by atoms with Gasteiger partial charge in [-0.3, -0.25) is 9.63 Å². The summed E-state index contributed by atoms with van der Waals surface area (Å²) in [5.41, 5.74) is 0.534. The fraction of sp³-hybridized carbons (Fsp3) is 0.368. The van der Waals surface area contributed by atoms with Gasteiger partial charge in [-0.05, 0) is 30.2 Å². The maximum atomic E-state index is 14.2. The van der Waals surface area contributed by atoms with E-state index in [-0.39, 0.29) is 18.9 Å². The fourth-order valence-corrected chi connectivity index (χ4v) is 5.45. The number of oxime groups is 1. The molecule has 13 heteroatoms. The first-order chi connectivity index (χ1) is 15.0. The topological polar surface area (TPSA) is 63.2 Å². The van der Waals surface area contributed by atoms with Crippen molar-refractivity contribution in [2.24, 2.45) is 5.16 Å². The Morgan fingerprint density at radius 2 is 1.97 bits per heavy atom. The third-order valence-electron chi connectivity index (χ3n) is 5.43. The second kappa shape index (κ2) is 8.05. The number of benzene rings is 1. The highest BCUT2D eigenvalue weighted by molar-refractivity contribution is 7.14. The lowest BCUT2D eigenvalue weighted by Crippen LogP contribution is -2.44. The number of hydroxylamine groups is 1. The van der Waals surface area contributed by atoms with Gasteiger partial charge >= 0.3 is 6.18 Å². The molecule has 32 heavy (non-hydrogen) atoms. The Labute approximate surface area is 193 Å². The summed E-state index contributed by atoms with van der Waals surface area (Å²) in [5, 5.41) is 2.63. The van der Waals surface area contributed by atoms with Crippen LogP contribution in [0.25, 0.3) is 0 Å². The minimum atomic E-state index is -4.88. The number of rotatable bonds is 3. The van der Waals surface area contributed by atoms with E-state index < -0.39 is 45.5 Å². The lowest BCUT2D eigenvalue weighted by molar-refractivity contribution is -0.275. The highest BCUT2D eigenvalue weighted by atomic mass is 35.5. The van der Waals surface area contributed by atoms with E-state index in [1.165, 1.54) is 18.4 Å². The van der Waals surface area contributed by atoms with Gasteiger partial charge in [0, 0.05) is 17.0 Å². The minimum Gasteiger partial charge on any atom is -0.372 e. The largest absolute Gasteiger partial charge is 0.435 e.